The standard InChI is InChI=1S/C19H16FIO3/c1-2-10-23-19(22)9-7-14-6-8-18(17(21)12-14)24-13-15-4-3-5-16(20)11-15/h2-9,11-12H,1,10,13H2/b9-7+. The van der Waals surface area contributed by atoms with E-state index >= 15 is 0 Å². The first-order valence-corrected chi connectivity index (χ1v) is 8.29. The lowest BCUT2D eigenvalue weighted by Crippen LogP contribution is -1.99. The van der Waals surface area contributed by atoms with Gasteiger partial charge in [0.2, 0.25) is 0 Å². The first kappa shape index (κ1) is 18.2. The first-order valence-electron chi connectivity index (χ1n) is 7.21. The summed E-state index contributed by atoms with van der Waals surface area (Å²) in [5, 5.41) is 0. The summed E-state index contributed by atoms with van der Waals surface area (Å²) in [6.45, 7) is 3.96. The van der Waals surface area contributed by atoms with Crippen LogP contribution >= 0.6 is 22.6 Å². The summed E-state index contributed by atoms with van der Waals surface area (Å²) in [4.78, 5) is 11.4. The van der Waals surface area contributed by atoms with E-state index in [1.54, 1.807) is 12.1 Å². The second-order valence-corrected chi connectivity index (χ2v) is 6.02. The summed E-state index contributed by atoms with van der Waals surface area (Å²) in [5.41, 5.74) is 1.62. The molecule has 124 valence electrons. The maximum Gasteiger partial charge on any atom is 0.331 e. The summed E-state index contributed by atoms with van der Waals surface area (Å²) in [6, 6.07) is 11.8. The Hall–Kier alpha value is -2.15. The monoisotopic (exact) mass is 438 g/mol. The zero-order valence-corrected chi connectivity index (χ0v) is 15.0. The minimum Gasteiger partial charge on any atom is -0.488 e. The number of halogens is 2. The smallest absolute Gasteiger partial charge is 0.331 e. The highest BCUT2D eigenvalue weighted by atomic mass is 127. The van der Waals surface area contributed by atoms with Crippen LogP contribution in [0.25, 0.3) is 6.08 Å². The van der Waals surface area contributed by atoms with Crippen LogP contribution in [0, 0.1) is 9.39 Å². The van der Waals surface area contributed by atoms with E-state index in [-0.39, 0.29) is 19.0 Å². The van der Waals surface area contributed by atoms with E-state index in [1.165, 1.54) is 24.3 Å². The molecule has 0 atom stereocenters. The van der Waals surface area contributed by atoms with Crippen LogP contribution < -0.4 is 4.74 Å². The minimum atomic E-state index is -0.420. The molecule has 0 aromatic heterocycles. The lowest BCUT2D eigenvalue weighted by molar-refractivity contribution is -0.136. The van der Waals surface area contributed by atoms with Crippen molar-refractivity contribution in [2.24, 2.45) is 0 Å². The molecule has 3 nitrogen and oxygen atoms in total. The molecule has 5 heteroatoms. The topological polar surface area (TPSA) is 35.5 Å². The summed E-state index contributed by atoms with van der Waals surface area (Å²) < 4.78 is 24.6. The Bertz CT molecular complexity index is 756. The van der Waals surface area contributed by atoms with Crippen molar-refractivity contribution < 1.29 is 18.7 Å². The van der Waals surface area contributed by atoms with E-state index in [0.29, 0.717) is 5.75 Å². The van der Waals surface area contributed by atoms with Crippen molar-refractivity contribution in [2.45, 2.75) is 6.61 Å². The van der Waals surface area contributed by atoms with E-state index in [2.05, 4.69) is 29.2 Å². The first-order chi connectivity index (χ1) is 11.6. The molecule has 0 fully saturated rings. The van der Waals surface area contributed by atoms with Crippen LogP contribution in [-0.2, 0) is 16.1 Å². The molecular formula is C19H16FIO3. The van der Waals surface area contributed by atoms with Crippen LogP contribution in [0.2, 0.25) is 0 Å². The fourth-order valence-electron chi connectivity index (χ4n) is 1.88. The second kappa shape index (κ2) is 9.22. The van der Waals surface area contributed by atoms with Crippen molar-refractivity contribution in [3.63, 3.8) is 0 Å². The SMILES string of the molecule is C=CCOC(=O)/C=C/c1ccc(OCc2cccc(F)c2)c(I)c1. The molecule has 0 bridgehead atoms. The van der Waals surface area contributed by atoms with E-state index < -0.39 is 5.97 Å². The predicted octanol–water partition coefficient (Wildman–Crippen LogP) is 4.75. The molecule has 0 unspecified atom stereocenters. The average molecular weight is 438 g/mol. The van der Waals surface area contributed by atoms with Gasteiger partial charge in [0.1, 0.15) is 24.8 Å². The molecule has 0 aliphatic rings. The van der Waals surface area contributed by atoms with Gasteiger partial charge in [-0.3, -0.25) is 0 Å². The average Bonchev–Trinajstić information content (AvgIpc) is 2.57. The molecule has 24 heavy (non-hydrogen) atoms. The van der Waals surface area contributed by atoms with Crippen LogP contribution in [-0.4, -0.2) is 12.6 Å². The molecule has 0 N–H and O–H groups in total. The van der Waals surface area contributed by atoms with Crippen LogP contribution in [0.4, 0.5) is 4.39 Å². The maximum atomic E-state index is 13.1. The Morgan fingerprint density at radius 3 is 2.79 bits per heavy atom. The van der Waals surface area contributed by atoms with Gasteiger partial charge >= 0.3 is 5.97 Å². The van der Waals surface area contributed by atoms with Crippen molar-refractivity contribution >= 4 is 34.6 Å². The van der Waals surface area contributed by atoms with Crippen LogP contribution in [0.1, 0.15) is 11.1 Å². The number of hydrogen-bond acceptors (Lipinski definition) is 3. The lowest BCUT2D eigenvalue weighted by atomic mass is 10.2. The maximum absolute atomic E-state index is 13.1. The van der Waals surface area contributed by atoms with E-state index in [1.807, 2.05) is 24.3 Å². The van der Waals surface area contributed by atoms with Crippen molar-refractivity contribution in [2.75, 3.05) is 6.61 Å². The highest BCUT2D eigenvalue weighted by molar-refractivity contribution is 14.1. The highest BCUT2D eigenvalue weighted by Crippen LogP contribution is 2.24. The zero-order chi connectivity index (χ0) is 17.4. The number of carbonyl (C=O) groups excluding carboxylic acids is 1. The molecule has 0 aliphatic carbocycles. The van der Waals surface area contributed by atoms with Crippen molar-refractivity contribution in [1.82, 2.24) is 0 Å². The van der Waals surface area contributed by atoms with Gasteiger partial charge in [-0.05, 0) is 64.1 Å². The van der Waals surface area contributed by atoms with Crippen molar-refractivity contribution in [3.8, 4) is 5.75 Å². The number of esters is 1. The molecule has 2 rings (SSSR count). The Balaban J connectivity index is 1.97. The summed E-state index contributed by atoms with van der Waals surface area (Å²) in [6.07, 6.45) is 4.55. The van der Waals surface area contributed by atoms with Gasteiger partial charge in [-0.15, -0.1) is 0 Å². The Morgan fingerprint density at radius 1 is 1.25 bits per heavy atom. The van der Waals surface area contributed by atoms with Gasteiger partial charge in [-0.25, -0.2) is 9.18 Å². The largest absolute Gasteiger partial charge is 0.488 e. The number of ether oxygens (including phenoxy) is 2. The van der Waals surface area contributed by atoms with E-state index in [4.69, 9.17) is 9.47 Å². The quantitative estimate of drug-likeness (QED) is 0.271. The fourth-order valence-corrected chi connectivity index (χ4v) is 2.57. The molecule has 0 saturated heterocycles. The Labute approximate surface area is 153 Å². The van der Waals surface area contributed by atoms with Crippen molar-refractivity contribution in [1.29, 1.82) is 0 Å². The lowest BCUT2D eigenvalue weighted by Gasteiger charge is -2.09. The Morgan fingerprint density at radius 2 is 2.08 bits per heavy atom. The minimum absolute atomic E-state index is 0.188. The van der Waals surface area contributed by atoms with Gasteiger partial charge in [-0.2, -0.15) is 0 Å². The molecule has 0 radical (unpaired) electrons. The molecular weight excluding hydrogens is 422 g/mol. The molecule has 2 aromatic carbocycles. The second-order valence-electron chi connectivity index (χ2n) is 4.86. The molecule has 0 amide bonds. The molecule has 2 aromatic rings. The number of carbonyl (C=O) groups is 1. The van der Waals surface area contributed by atoms with Gasteiger partial charge in [0, 0.05) is 6.08 Å². The zero-order valence-electron chi connectivity index (χ0n) is 12.9. The van der Waals surface area contributed by atoms with Gasteiger partial charge < -0.3 is 9.47 Å². The van der Waals surface area contributed by atoms with Crippen LogP contribution in [0.3, 0.4) is 0 Å². The normalized spacial score (nSPS) is 10.6. The molecule has 0 saturated carbocycles. The van der Waals surface area contributed by atoms with Gasteiger partial charge in [0.05, 0.1) is 3.57 Å². The summed E-state index contributed by atoms with van der Waals surface area (Å²) >= 11 is 2.15. The highest BCUT2D eigenvalue weighted by Gasteiger charge is 2.03. The molecule has 0 aliphatic heterocycles. The van der Waals surface area contributed by atoms with Gasteiger partial charge in [0.25, 0.3) is 0 Å². The van der Waals surface area contributed by atoms with E-state index in [0.717, 1.165) is 14.7 Å². The van der Waals surface area contributed by atoms with Crippen LogP contribution in [0.5, 0.6) is 5.75 Å². The summed E-state index contributed by atoms with van der Waals surface area (Å²) in [7, 11) is 0. The Kier molecular flexibility index (Phi) is 6.99. The number of rotatable bonds is 7. The number of benzene rings is 2. The van der Waals surface area contributed by atoms with Gasteiger partial charge in [0.15, 0.2) is 0 Å². The molecule has 0 heterocycles. The third-order valence-electron chi connectivity index (χ3n) is 2.99. The van der Waals surface area contributed by atoms with Crippen molar-refractivity contribution in [3.05, 3.63) is 81.7 Å². The molecule has 0 spiro atoms. The summed E-state index contributed by atoms with van der Waals surface area (Å²) in [5.74, 6) is -0.00259. The number of hydrogen-bond donors (Lipinski definition) is 0. The third-order valence-corrected chi connectivity index (χ3v) is 3.84. The van der Waals surface area contributed by atoms with Gasteiger partial charge in [-0.1, -0.05) is 30.9 Å². The fraction of sp³-hybridized carbons (Fsp3) is 0.105. The predicted molar refractivity (Wildman–Crippen MR) is 100 cm³/mol. The van der Waals surface area contributed by atoms with E-state index in [9.17, 15) is 9.18 Å². The van der Waals surface area contributed by atoms with Crippen LogP contribution in [0.15, 0.2) is 61.2 Å². The third kappa shape index (κ3) is 5.81.